The van der Waals surface area contributed by atoms with Crippen LogP contribution in [0.2, 0.25) is 0 Å². The average Bonchev–Trinajstić information content (AvgIpc) is 3.16. The van der Waals surface area contributed by atoms with Crippen LogP contribution in [-0.2, 0) is 10.0 Å². The Morgan fingerprint density at radius 1 is 1.08 bits per heavy atom. The highest BCUT2D eigenvalue weighted by Crippen LogP contribution is 2.24. The van der Waals surface area contributed by atoms with Crippen LogP contribution in [0.25, 0.3) is 5.69 Å². The fourth-order valence-corrected chi connectivity index (χ4v) is 4.01. The molecule has 0 aliphatic carbocycles. The molecule has 2 aromatic carbocycles. The minimum absolute atomic E-state index is 0.176. The molecule has 136 valence electrons. The second-order valence-corrected chi connectivity index (χ2v) is 8.18. The van der Waals surface area contributed by atoms with Gasteiger partial charge in [-0.2, -0.15) is 0 Å². The summed E-state index contributed by atoms with van der Waals surface area (Å²) in [5.74, 6) is 0.343. The van der Waals surface area contributed by atoms with Crippen LogP contribution in [0.5, 0.6) is 0 Å². The minimum atomic E-state index is -3.70. The quantitative estimate of drug-likeness (QED) is 0.690. The van der Waals surface area contributed by atoms with E-state index in [-0.39, 0.29) is 10.9 Å². The van der Waals surface area contributed by atoms with E-state index in [1.165, 1.54) is 11.0 Å². The SMILES string of the molecule is CC(C)CC(NS(=O)(=O)c1cccc(-n2cnnn2)c1)c1ccccc1. The van der Waals surface area contributed by atoms with Crippen LogP contribution in [0.3, 0.4) is 0 Å². The van der Waals surface area contributed by atoms with Crippen molar-refractivity contribution in [2.75, 3.05) is 0 Å². The van der Waals surface area contributed by atoms with Crippen LogP contribution in [0.1, 0.15) is 31.9 Å². The molecule has 0 fully saturated rings. The van der Waals surface area contributed by atoms with E-state index in [0.29, 0.717) is 18.0 Å². The number of nitrogens with one attached hydrogen (secondary N) is 1. The molecule has 0 bridgehead atoms. The summed E-state index contributed by atoms with van der Waals surface area (Å²) in [7, 11) is -3.70. The van der Waals surface area contributed by atoms with Crippen molar-refractivity contribution in [3.8, 4) is 5.69 Å². The standard InChI is InChI=1S/C18H21N5O2S/c1-14(2)11-18(15-7-4-3-5-8-15)20-26(24,25)17-10-6-9-16(12-17)23-13-19-21-22-23/h3-10,12-14,18,20H,11H2,1-2H3. The maximum absolute atomic E-state index is 12.9. The largest absolute Gasteiger partial charge is 0.241 e. The Kier molecular flexibility index (Phi) is 5.43. The zero-order valence-corrected chi connectivity index (χ0v) is 15.5. The Bertz CT molecular complexity index is 941. The Balaban J connectivity index is 1.90. The van der Waals surface area contributed by atoms with Crippen LogP contribution >= 0.6 is 0 Å². The van der Waals surface area contributed by atoms with E-state index < -0.39 is 10.0 Å². The number of hydrogen-bond acceptors (Lipinski definition) is 5. The van der Waals surface area contributed by atoms with E-state index in [4.69, 9.17) is 0 Å². The molecule has 7 nitrogen and oxygen atoms in total. The van der Waals surface area contributed by atoms with Gasteiger partial charge in [0, 0.05) is 6.04 Å². The molecule has 1 aromatic heterocycles. The second kappa shape index (κ2) is 7.76. The van der Waals surface area contributed by atoms with Crippen molar-refractivity contribution in [3.63, 3.8) is 0 Å². The summed E-state index contributed by atoms with van der Waals surface area (Å²) in [5.41, 5.74) is 1.53. The van der Waals surface area contributed by atoms with Crippen molar-refractivity contribution in [1.29, 1.82) is 0 Å². The molecule has 3 aromatic rings. The smallest absolute Gasteiger partial charge is 0.207 e. The molecule has 3 rings (SSSR count). The van der Waals surface area contributed by atoms with E-state index in [0.717, 1.165) is 5.56 Å². The predicted octanol–water partition coefficient (Wildman–Crippen LogP) is 2.73. The molecule has 0 amide bonds. The first-order chi connectivity index (χ1) is 12.5. The molecule has 1 N–H and O–H groups in total. The lowest BCUT2D eigenvalue weighted by Crippen LogP contribution is -2.29. The molecule has 1 unspecified atom stereocenters. The predicted molar refractivity (Wildman–Crippen MR) is 98.1 cm³/mol. The van der Waals surface area contributed by atoms with E-state index in [1.807, 2.05) is 30.3 Å². The van der Waals surface area contributed by atoms with Crippen molar-refractivity contribution in [3.05, 3.63) is 66.5 Å². The van der Waals surface area contributed by atoms with Gasteiger partial charge < -0.3 is 0 Å². The first-order valence-electron chi connectivity index (χ1n) is 8.36. The molecule has 0 spiro atoms. The van der Waals surface area contributed by atoms with Crippen molar-refractivity contribution in [1.82, 2.24) is 24.9 Å². The van der Waals surface area contributed by atoms with Crippen molar-refractivity contribution in [2.45, 2.75) is 31.2 Å². The number of aromatic nitrogens is 4. The number of benzene rings is 2. The Morgan fingerprint density at radius 2 is 1.85 bits per heavy atom. The molecule has 0 saturated carbocycles. The highest BCUT2D eigenvalue weighted by molar-refractivity contribution is 7.89. The number of rotatable bonds is 7. The van der Waals surface area contributed by atoms with Crippen LogP contribution in [0.15, 0.2) is 65.8 Å². The molecular weight excluding hydrogens is 350 g/mol. The van der Waals surface area contributed by atoms with E-state index >= 15 is 0 Å². The third-order valence-electron chi connectivity index (χ3n) is 3.95. The summed E-state index contributed by atoms with van der Waals surface area (Å²) in [4.78, 5) is 0.176. The first-order valence-corrected chi connectivity index (χ1v) is 9.85. The third kappa shape index (κ3) is 4.33. The summed E-state index contributed by atoms with van der Waals surface area (Å²) >= 11 is 0. The fourth-order valence-electron chi connectivity index (χ4n) is 2.74. The van der Waals surface area contributed by atoms with Crippen LogP contribution in [0.4, 0.5) is 0 Å². The summed E-state index contributed by atoms with van der Waals surface area (Å²) in [5, 5.41) is 11.0. The molecular formula is C18H21N5O2S. The number of hydrogen-bond donors (Lipinski definition) is 1. The van der Waals surface area contributed by atoms with Gasteiger partial charge in [-0.05, 0) is 46.5 Å². The Labute approximate surface area is 153 Å². The molecule has 0 aliphatic rings. The van der Waals surface area contributed by atoms with E-state index in [9.17, 15) is 8.42 Å². The molecule has 0 saturated heterocycles. The van der Waals surface area contributed by atoms with Gasteiger partial charge in [0.1, 0.15) is 6.33 Å². The summed E-state index contributed by atoms with van der Waals surface area (Å²) in [6.45, 7) is 4.14. The number of tetrazole rings is 1. The molecule has 8 heteroatoms. The molecule has 1 heterocycles. The maximum atomic E-state index is 12.9. The lowest BCUT2D eigenvalue weighted by atomic mass is 9.98. The van der Waals surface area contributed by atoms with Crippen molar-refractivity contribution >= 4 is 10.0 Å². The topological polar surface area (TPSA) is 89.8 Å². The van der Waals surface area contributed by atoms with E-state index in [2.05, 4.69) is 34.1 Å². The second-order valence-electron chi connectivity index (χ2n) is 6.47. The molecule has 0 aliphatic heterocycles. The van der Waals surface area contributed by atoms with Gasteiger partial charge in [-0.15, -0.1) is 5.10 Å². The Morgan fingerprint density at radius 3 is 2.50 bits per heavy atom. The van der Waals surface area contributed by atoms with Crippen molar-refractivity contribution in [2.24, 2.45) is 5.92 Å². The lowest BCUT2D eigenvalue weighted by Gasteiger charge is -2.21. The maximum Gasteiger partial charge on any atom is 0.241 e. The van der Waals surface area contributed by atoms with Gasteiger partial charge in [0.2, 0.25) is 10.0 Å². The monoisotopic (exact) mass is 371 g/mol. The number of nitrogens with zero attached hydrogens (tertiary/aromatic N) is 4. The van der Waals surface area contributed by atoms with E-state index in [1.54, 1.807) is 24.3 Å². The fraction of sp³-hybridized carbons (Fsp3) is 0.278. The molecule has 1 atom stereocenters. The first kappa shape index (κ1) is 18.2. The van der Waals surface area contributed by atoms with Crippen LogP contribution in [-0.4, -0.2) is 28.6 Å². The van der Waals surface area contributed by atoms with Crippen molar-refractivity contribution < 1.29 is 8.42 Å². The van der Waals surface area contributed by atoms with Gasteiger partial charge in [0.15, 0.2) is 0 Å². The van der Waals surface area contributed by atoms with Gasteiger partial charge in [0.05, 0.1) is 10.6 Å². The molecule has 26 heavy (non-hydrogen) atoms. The summed E-state index contributed by atoms with van der Waals surface area (Å²) in [6.07, 6.45) is 2.13. The van der Waals surface area contributed by atoms with Gasteiger partial charge in [-0.3, -0.25) is 0 Å². The van der Waals surface area contributed by atoms with Crippen LogP contribution < -0.4 is 4.72 Å². The Hall–Kier alpha value is -2.58. The third-order valence-corrected chi connectivity index (χ3v) is 5.42. The highest BCUT2D eigenvalue weighted by atomic mass is 32.2. The molecule has 0 radical (unpaired) electrons. The van der Waals surface area contributed by atoms with Crippen LogP contribution in [0, 0.1) is 5.92 Å². The zero-order chi connectivity index (χ0) is 18.6. The zero-order valence-electron chi connectivity index (χ0n) is 14.6. The summed E-state index contributed by atoms with van der Waals surface area (Å²) < 4.78 is 30.2. The van der Waals surface area contributed by atoms with Gasteiger partial charge in [-0.1, -0.05) is 50.2 Å². The highest BCUT2D eigenvalue weighted by Gasteiger charge is 2.22. The average molecular weight is 371 g/mol. The minimum Gasteiger partial charge on any atom is -0.207 e. The van der Waals surface area contributed by atoms with Gasteiger partial charge in [0.25, 0.3) is 0 Å². The number of sulfonamides is 1. The van der Waals surface area contributed by atoms with Gasteiger partial charge in [-0.25, -0.2) is 17.8 Å². The summed E-state index contributed by atoms with van der Waals surface area (Å²) in [6, 6.07) is 15.9. The van der Waals surface area contributed by atoms with Gasteiger partial charge >= 0.3 is 0 Å². The lowest BCUT2D eigenvalue weighted by molar-refractivity contribution is 0.472. The normalized spacial score (nSPS) is 13.0.